The summed E-state index contributed by atoms with van der Waals surface area (Å²) in [5.74, 6) is 0.686. The van der Waals surface area contributed by atoms with Crippen molar-refractivity contribution in [1.82, 2.24) is 9.88 Å². The number of likely N-dealkylation sites (tertiary alicyclic amines) is 1. The van der Waals surface area contributed by atoms with Gasteiger partial charge in [0.2, 0.25) is 5.91 Å². The van der Waals surface area contributed by atoms with Crippen LogP contribution in [0.25, 0.3) is 12.2 Å². The lowest BCUT2D eigenvalue weighted by atomic mass is 9.89. The third kappa shape index (κ3) is 2.52. The van der Waals surface area contributed by atoms with Crippen molar-refractivity contribution in [3.05, 3.63) is 22.3 Å². The van der Waals surface area contributed by atoms with Crippen LogP contribution in [0, 0.1) is 0 Å². The van der Waals surface area contributed by atoms with Crippen molar-refractivity contribution >= 4 is 18.1 Å². The number of carbonyl (C=O) groups is 1. The van der Waals surface area contributed by atoms with Crippen molar-refractivity contribution in [3.8, 4) is 0 Å². The highest BCUT2D eigenvalue weighted by atomic mass is 16.5. The Hall–Kier alpha value is -1.55. The number of piperidine rings is 1. The Balaban J connectivity index is 1.70. The SMILES string of the molecule is COCC(=O)N1CCC(c2c[nH]c3c2=CCCC=3)CC1. The normalized spacial score (nSPS) is 19.1. The van der Waals surface area contributed by atoms with Gasteiger partial charge in [-0.25, -0.2) is 0 Å². The number of nitrogens with one attached hydrogen (secondary N) is 1. The fraction of sp³-hybridized carbons (Fsp3) is 0.562. The molecule has 4 nitrogen and oxygen atoms in total. The fourth-order valence-electron chi connectivity index (χ4n) is 3.31. The largest absolute Gasteiger partial charge is 0.375 e. The summed E-state index contributed by atoms with van der Waals surface area (Å²) < 4.78 is 4.92. The zero-order chi connectivity index (χ0) is 13.9. The molecule has 20 heavy (non-hydrogen) atoms. The van der Waals surface area contributed by atoms with Crippen LogP contribution in [0.3, 0.4) is 0 Å². The van der Waals surface area contributed by atoms with Crippen LogP contribution in [0.4, 0.5) is 0 Å². The molecule has 0 unspecified atom stereocenters. The summed E-state index contributed by atoms with van der Waals surface area (Å²) in [5.41, 5.74) is 1.44. The molecule has 1 fully saturated rings. The molecule has 1 aliphatic carbocycles. The van der Waals surface area contributed by atoms with Gasteiger partial charge in [-0.1, -0.05) is 12.2 Å². The second-order valence-corrected chi connectivity index (χ2v) is 5.65. The van der Waals surface area contributed by atoms with Crippen molar-refractivity contribution in [2.75, 3.05) is 26.8 Å². The number of H-pyrrole nitrogens is 1. The third-order valence-corrected chi connectivity index (χ3v) is 4.40. The predicted octanol–water partition coefficient (Wildman–Crippen LogP) is 0.722. The molecule has 4 heteroatoms. The van der Waals surface area contributed by atoms with Crippen LogP contribution in [0.15, 0.2) is 6.20 Å². The van der Waals surface area contributed by atoms with Crippen molar-refractivity contribution < 1.29 is 9.53 Å². The van der Waals surface area contributed by atoms with E-state index < -0.39 is 0 Å². The van der Waals surface area contributed by atoms with E-state index in [1.807, 2.05) is 4.90 Å². The summed E-state index contributed by atoms with van der Waals surface area (Å²) in [7, 11) is 1.57. The molecule has 2 heterocycles. The first-order chi connectivity index (χ1) is 9.79. The number of aromatic amines is 1. The number of methoxy groups -OCH3 is 1. The second-order valence-electron chi connectivity index (χ2n) is 5.65. The number of nitrogens with zero attached hydrogens (tertiary/aromatic N) is 1. The molecule has 0 radical (unpaired) electrons. The second kappa shape index (κ2) is 5.83. The Kier molecular flexibility index (Phi) is 3.92. The highest BCUT2D eigenvalue weighted by molar-refractivity contribution is 5.77. The zero-order valence-corrected chi connectivity index (χ0v) is 12.0. The Morgan fingerprint density at radius 3 is 2.85 bits per heavy atom. The molecular formula is C16H22N2O2. The number of hydrogen-bond acceptors (Lipinski definition) is 2. The van der Waals surface area contributed by atoms with Gasteiger partial charge in [0.25, 0.3) is 0 Å². The fourth-order valence-corrected chi connectivity index (χ4v) is 3.31. The van der Waals surface area contributed by atoms with Crippen LogP contribution >= 0.6 is 0 Å². The maximum atomic E-state index is 11.8. The Morgan fingerprint density at radius 1 is 1.35 bits per heavy atom. The number of carbonyl (C=O) groups excluding carboxylic acids is 1. The van der Waals surface area contributed by atoms with Crippen molar-refractivity contribution in [2.45, 2.75) is 31.6 Å². The number of aromatic nitrogens is 1. The lowest BCUT2D eigenvalue weighted by Crippen LogP contribution is -2.40. The van der Waals surface area contributed by atoms with Gasteiger partial charge in [-0.2, -0.15) is 0 Å². The molecule has 0 bridgehead atoms. The molecule has 0 aromatic carbocycles. The van der Waals surface area contributed by atoms with E-state index in [9.17, 15) is 4.79 Å². The van der Waals surface area contributed by atoms with E-state index in [2.05, 4.69) is 23.3 Å². The minimum absolute atomic E-state index is 0.113. The molecule has 1 aromatic heterocycles. The van der Waals surface area contributed by atoms with Gasteiger partial charge in [-0.15, -0.1) is 0 Å². The minimum Gasteiger partial charge on any atom is -0.375 e. The summed E-state index contributed by atoms with van der Waals surface area (Å²) in [5, 5.41) is 2.68. The molecule has 1 aromatic rings. The van der Waals surface area contributed by atoms with Gasteiger partial charge in [0.15, 0.2) is 0 Å². The van der Waals surface area contributed by atoms with Gasteiger partial charge in [0, 0.05) is 31.7 Å². The molecule has 108 valence electrons. The molecule has 1 N–H and O–H groups in total. The smallest absolute Gasteiger partial charge is 0.248 e. The molecule has 0 atom stereocenters. The lowest BCUT2D eigenvalue weighted by molar-refractivity contribution is -0.136. The van der Waals surface area contributed by atoms with Gasteiger partial charge < -0.3 is 14.6 Å². The first kappa shape index (κ1) is 13.4. The highest BCUT2D eigenvalue weighted by Crippen LogP contribution is 2.25. The Labute approximate surface area is 119 Å². The van der Waals surface area contributed by atoms with E-state index in [0.29, 0.717) is 5.92 Å². The Morgan fingerprint density at radius 2 is 2.10 bits per heavy atom. The van der Waals surface area contributed by atoms with E-state index in [-0.39, 0.29) is 12.5 Å². The minimum atomic E-state index is 0.113. The van der Waals surface area contributed by atoms with Gasteiger partial charge in [0.1, 0.15) is 6.61 Å². The molecule has 1 aliphatic heterocycles. The van der Waals surface area contributed by atoms with Crippen LogP contribution in [0.1, 0.15) is 37.2 Å². The van der Waals surface area contributed by atoms with Crippen molar-refractivity contribution in [2.24, 2.45) is 0 Å². The van der Waals surface area contributed by atoms with Gasteiger partial charge >= 0.3 is 0 Å². The van der Waals surface area contributed by atoms with E-state index in [1.54, 1.807) is 7.11 Å². The topological polar surface area (TPSA) is 45.3 Å². The van der Waals surface area contributed by atoms with Crippen molar-refractivity contribution in [3.63, 3.8) is 0 Å². The molecule has 3 rings (SSSR count). The quantitative estimate of drug-likeness (QED) is 0.883. The van der Waals surface area contributed by atoms with Crippen LogP contribution in [0.2, 0.25) is 0 Å². The number of rotatable bonds is 3. The first-order valence-corrected chi connectivity index (χ1v) is 7.44. The molecule has 1 saturated heterocycles. The van der Waals surface area contributed by atoms with E-state index in [1.165, 1.54) is 16.1 Å². The standard InChI is InChI=1S/C16H22N2O2/c1-20-11-16(19)18-8-6-12(7-9-18)14-10-17-15-5-3-2-4-13(14)15/h4-5,10,12,17H,2-3,6-9,11H2,1H3. The molecule has 1 amide bonds. The predicted molar refractivity (Wildman–Crippen MR) is 78.6 cm³/mol. The summed E-state index contributed by atoms with van der Waals surface area (Å²) in [6.07, 6.45) is 11.2. The summed E-state index contributed by atoms with van der Waals surface area (Å²) in [6, 6.07) is 0. The summed E-state index contributed by atoms with van der Waals surface area (Å²) >= 11 is 0. The summed E-state index contributed by atoms with van der Waals surface area (Å²) in [6.45, 7) is 1.89. The monoisotopic (exact) mass is 274 g/mol. The van der Waals surface area contributed by atoms with E-state index >= 15 is 0 Å². The van der Waals surface area contributed by atoms with Crippen LogP contribution in [-0.4, -0.2) is 42.6 Å². The van der Waals surface area contributed by atoms with Gasteiger partial charge in [-0.3, -0.25) is 4.79 Å². The third-order valence-electron chi connectivity index (χ3n) is 4.40. The molecule has 0 spiro atoms. The summed E-state index contributed by atoms with van der Waals surface area (Å²) in [4.78, 5) is 17.1. The lowest BCUT2D eigenvalue weighted by Gasteiger charge is -2.31. The number of fused-ring (bicyclic) bond motifs is 1. The average Bonchev–Trinajstić information content (AvgIpc) is 2.92. The van der Waals surface area contributed by atoms with Crippen molar-refractivity contribution in [1.29, 1.82) is 0 Å². The maximum absolute atomic E-state index is 11.8. The number of ether oxygens (including phenoxy) is 1. The molecular weight excluding hydrogens is 252 g/mol. The molecule has 2 aliphatic rings. The number of hydrogen-bond donors (Lipinski definition) is 1. The van der Waals surface area contributed by atoms with Crippen LogP contribution < -0.4 is 10.6 Å². The highest BCUT2D eigenvalue weighted by Gasteiger charge is 2.24. The first-order valence-electron chi connectivity index (χ1n) is 7.44. The van der Waals surface area contributed by atoms with E-state index in [4.69, 9.17) is 4.74 Å². The number of amides is 1. The van der Waals surface area contributed by atoms with Gasteiger partial charge in [-0.05, 0) is 42.4 Å². The molecule has 0 saturated carbocycles. The van der Waals surface area contributed by atoms with Gasteiger partial charge in [0.05, 0.1) is 0 Å². The van der Waals surface area contributed by atoms with Crippen LogP contribution in [0.5, 0.6) is 0 Å². The average molecular weight is 274 g/mol. The zero-order valence-electron chi connectivity index (χ0n) is 12.0. The van der Waals surface area contributed by atoms with Crippen LogP contribution in [-0.2, 0) is 9.53 Å². The van der Waals surface area contributed by atoms with E-state index in [0.717, 1.165) is 38.8 Å². The maximum Gasteiger partial charge on any atom is 0.248 e. The Bertz CT molecular complexity index is 594.